The lowest BCUT2D eigenvalue weighted by Crippen LogP contribution is -1.96. The van der Waals surface area contributed by atoms with Crippen LogP contribution in [0.4, 0.5) is 5.69 Å². The fraction of sp³-hybridized carbons (Fsp3) is 0. The zero-order valence-corrected chi connectivity index (χ0v) is 8.61. The quantitative estimate of drug-likeness (QED) is 0.595. The van der Waals surface area contributed by atoms with Crippen LogP contribution in [-0.2, 0) is 11.0 Å². The second-order valence-corrected chi connectivity index (χ2v) is 3.64. The zero-order chi connectivity index (χ0) is 10.8. The summed E-state index contributed by atoms with van der Waals surface area (Å²) in [7, 11) is -2.93. The van der Waals surface area contributed by atoms with Crippen molar-refractivity contribution >= 4 is 27.4 Å². The molecule has 78 valence electrons. The van der Waals surface area contributed by atoms with Crippen LogP contribution in [0.2, 0.25) is 0 Å². The van der Waals surface area contributed by atoms with Gasteiger partial charge in [0.1, 0.15) is 0 Å². The second-order valence-electron chi connectivity index (χ2n) is 3.01. The molecule has 0 amide bonds. The number of hydrogen-bond acceptors (Lipinski definition) is 4. The van der Waals surface area contributed by atoms with Gasteiger partial charge in [0.2, 0.25) is 0 Å². The predicted octanol–water partition coefficient (Wildman–Crippen LogP) is 1.33. The highest BCUT2D eigenvalue weighted by Crippen LogP contribution is 2.30. The van der Waals surface area contributed by atoms with Crippen molar-refractivity contribution in [1.82, 2.24) is 0 Å². The number of fused-ring (bicyclic) bond motifs is 1. The van der Waals surface area contributed by atoms with E-state index < -0.39 is 11.0 Å². The van der Waals surface area contributed by atoms with Crippen LogP contribution in [-0.4, -0.2) is 8.42 Å². The normalized spacial score (nSPS) is 10.7. The molecule has 0 heterocycles. The van der Waals surface area contributed by atoms with Crippen molar-refractivity contribution in [2.24, 2.45) is 0 Å². The van der Waals surface area contributed by atoms with Gasteiger partial charge in [0.25, 0.3) is 11.0 Å². The van der Waals surface area contributed by atoms with Crippen molar-refractivity contribution in [1.29, 1.82) is 0 Å². The Morgan fingerprint density at radius 1 is 1.07 bits per heavy atom. The molecule has 0 spiro atoms. The van der Waals surface area contributed by atoms with Gasteiger partial charge in [-0.05, 0) is 11.5 Å². The summed E-state index contributed by atoms with van der Waals surface area (Å²) >= 11 is 0. The fourth-order valence-electron chi connectivity index (χ4n) is 1.44. The van der Waals surface area contributed by atoms with E-state index in [-0.39, 0.29) is 5.75 Å². The standard InChI is InChI=1S/C10H9NO3S/c11-10-8-4-2-1-3-7(8)5-6-9(10)14-15(12)13/h1-6,15H,11H2. The van der Waals surface area contributed by atoms with Crippen LogP contribution in [0.25, 0.3) is 10.8 Å². The average molecular weight is 223 g/mol. The largest absolute Gasteiger partial charge is 0.395 e. The number of thiol groups is 1. The molecule has 15 heavy (non-hydrogen) atoms. The molecule has 0 saturated heterocycles. The Balaban J connectivity index is 2.64. The molecule has 0 aliphatic carbocycles. The van der Waals surface area contributed by atoms with Crippen LogP contribution in [0.5, 0.6) is 5.75 Å². The highest BCUT2D eigenvalue weighted by molar-refractivity contribution is 7.67. The molecule has 0 bridgehead atoms. The molecule has 2 aromatic rings. The van der Waals surface area contributed by atoms with Gasteiger partial charge in [0, 0.05) is 5.39 Å². The lowest BCUT2D eigenvalue weighted by Gasteiger charge is -2.06. The van der Waals surface area contributed by atoms with Gasteiger partial charge in [-0.15, -0.1) is 0 Å². The smallest absolute Gasteiger partial charge is 0.299 e. The molecule has 0 unspecified atom stereocenters. The summed E-state index contributed by atoms with van der Waals surface area (Å²) in [6.45, 7) is 0. The third-order valence-electron chi connectivity index (χ3n) is 2.10. The molecule has 0 aliphatic heterocycles. The van der Waals surface area contributed by atoms with Gasteiger partial charge in [0.15, 0.2) is 5.75 Å². The summed E-state index contributed by atoms with van der Waals surface area (Å²) in [5.41, 5.74) is 6.11. The molecule has 0 saturated carbocycles. The van der Waals surface area contributed by atoms with Gasteiger partial charge in [-0.1, -0.05) is 30.3 Å². The predicted molar refractivity (Wildman–Crippen MR) is 59.3 cm³/mol. The van der Waals surface area contributed by atoms with Gasteiger partial charge in [-0.3, -0.25) is 0 Å². The molecule has 5 heteroatoms. The lowest BCUT2D eigenvalue weighted by molar-refractivity contribution is 0.512. The van der Waals surface area contributed by atoms with Crippen molar-refractivity contribution in [3.63, 3.8) is 0 Å². The molecular formula is C10H9NO3S. The monoisotopic (exact) mass is 223 g/mol. The molecule has 0 fully saturated rings. The minimum Gasteiger partial charge on any atom is -0.395 e. The van der Waals surface area contributed by atoms with E-state index in [9.17, 15) is 8.42 Å². The van der Waals surface area contributed by atoms with Crippen LogP contribution in [0, 0.1) is 0 Å². The van der Waals surface area contributed by atoms with E-state index in [0.717, 1.165) is 10.8 Å². The summed E-state index contributed by atoms with van der Waals surface area (Å²) in [5, 5.41) is 1.73. The average Bonchev–Trinajstić information content (AvgIpc) is 2.22. The van der Waals surface area contributed by atoms with Crippen LogP contribution in [0.3, 0.4) is 0 Å². The molecule has 0 aliphatic rings. The second kappa shape index (κ2) is 3.78. The first-order chi connectivity index (χ1) is 7.18. The maximum atomic E-state index is 10.4. The maximum Gasteiger partial charge on any atom is 0.299 e. The molecule has 0 aromatic heterocycles. The highest BCUT2D eigenvalue weighted by atomic mass is 32.2. The van der Waals surface area contributed by atoms with E-state index in [1.807, 2.05) is 24.3 Å². The van der Waals surface area contributed by atoms with Crippen molar-refractivity contribution in [3.8, 4) is 5.75 Å². The molecule has 0 atom stereocenters. The van der Waals surface area contributed by atoms with Gasteiger partial charge in [-0.2, -0.15) is 8.42 Å². The first-order valence-electron chi connectivity index (χ1n) is 4.28. The van der Waals surface area contributed by atoms with E-state index in [0.29, 0.717) is 5.69 Å². The van der Waals surface area contributed by atoms with Crippen molar-refractivity contribution < 1.29 is 12.6 Å². The van der Waals surface area contributed by atoms with Crippen molar-refractivity contribution in [2.45, 2.75) is 0 Å². The topological polar surface area (TPSA) is 69.4 Å². The highest BCUT2D eigenvalue weighted by Gasteiger charge is 2.05. The molecule has 4 nitrogen and oxygen atoms in total. The minimum atomic E-state index is -2.93. The first kappa shape index (κ1) is 9.79. The number of hydrogen-bond donors (Lipinski definition) is 2. The summed E-state index contributed by atoms with van der Waals surface area (Å²) in [6, 6.07) is 10.7. The fourth-order valence-corrected chi connectivity index (χ4v) is 1.76. The van der Waals surface area contributed by atoms with Crippen LogP contribution in [0.15, 0.2) is 36.4 Å². The summed E-state index contributed by atoms with van der Waals surface area (Å²) in [6.07, 6.45) is 0. The van der Waals surface area contributed by atoms with Gasteiger partial charge >= 0.3 is 0 Å². The Morgan fingerprint density at radius 2 is 1.80 bits per heavy atom. The maximum absolute atomic E-state index is 10.4. The summed E-state index contributed by atoms with van der Waals surface area (Å²) in [5.74, 6) is 0.171. The van der Waals surface area contributed by atoms with Crippen molar-refractivity contribution in [3.05, 3.63) is 36.4 Å². The molecule has 2 aromatic carbocycles. The third-order valence-corrected chi connectivity index (χ3v) is 2.45. The number of nitrogens with two attached hydrogens (primary N) is 1. The van der Waals surface area contributed by atoms with E-state index in [1.165, 1.54) is 0 Å². The van der Waals surface area contributed by atoms with E-state index in [4.69, 9.17) is 5.73 Å². The summed E-state index contributed by atoms with van der Waals surface area (Å²) in [4.78, 5) is 0. The van der Waals surface area contributed by atoms with E-state index >= 15 is 0 Å². The van der Waals surface area contributed by atoms with Gasteiger partial charge < -0.3 is 9.92 Å². The molecule has 0 radical (unpaired) electrons. The number of anilines is 1. The van der Waals surface area contributed by atoms with Crippen LogP contribution in [0.1, 0.15) is 0 Å². The first-order valence-corrected chi connectivity index (χ1v) is 5.37. The number of nitrogen functional groups attached to an aromatic ring is 1. The minimum absolute atomic E-state index is 0.171. The van der Waals surface area contributed by atoms with Crippen LogP contribution >= 0.6 is 0 Å². The van der Waals surface area contributed by atoms with Gasteiger partial charge in [0.05, 0.1) is 5.69 Å². The zero-order valence-electron chi connectivity index (χ0n) is 7.71. The third kappa shape index (κ3) is 1.87. The SMILES string of the molecule is Nc1c(O[SH](=O)=O)ccc2ccccc12. The Labute approximate surface area is 88.4 Å². The van der Waals surface area contributed by atoms with Gasteiger partial charge in [-0.25, -0.2) is 0 Å². The Kier molecular flexibility index (Phi) is 2.47. The van der Waals surface area contributed by atoms with Crippen molar-refractivity contribution in [2.75, 3.05) is 5.73 Å². The van der Waals surface area contributed by atoms with E-state index in [1.54, 1.807) is 12.1 Å². The van der Waals surface area contributed by atoms with E-state index in [2.05, 4.69) is 4.18 Å². The Hall–Kier alpha value is -1.75. The molecule has 2 N–H and O–H groups in total. The number of rotatable bonds is 2. The summed E-state index contributed by atoms with van der Waals surface area (Å²) < 4.78 is 25.4. The molecular weight excluding hydrogens is 214 g/mol. The number of benzene rings is 2. The lowest BCUT2D eigenvalue weighted by atomic mass is 10.1. The van der Waals surface area contributed by atoms with Crippen LogP contribution < -0.4 is 9.92 Å². The molecule has 2 rings (SSSR count). The Morgan fingerprint density at radius 3 is 2.53 bits per heavy atom. The Bertz CT molecular complexity index is 570.